The number of anilines is 1. The average Bonchev–Trinajstić information content (AvgIpc) is 3.31. The molecule has 8 nitrogen and oxygen atoms in total. The third-order valence-corrected chi connectivity index (χ3v) is 7.15. The molecule has 0 amide bonds. The summed E-state index contributed by atoms with van der Waals surface area (Å²) in [4.78, 5) is 36.2. The van der Waals surface area contributed by atoms with E-state index in [1.54, 1.807) is 17.5 Å². The molecule has 0 bridgehead atoms. The number of aliphatic carboxylic acids is 1. The van der Waals surface area contributed by atoms with Crippen LogP contribution in [-0.4, -0.2) is 51.6 Å². The number of pyridine rings is 1. The Morgan fingerprint density at radius 3 is 2.88 bits per heavy atom. The average molecular weight is 482 g/mol. The molecule has 180 valence electrons. The van der Waals surface area contributed by atoms with Gasteiger partial charge in [-0.2, -0.15) is 0 Å². The van der Waals surface area contributed by atoms with Crippen molar-refractivity contribution in [1.82, 2.24) is 19.7 Å². The molecule has 0 radical (unpaired) electrons. The lowest BCUT2D eigenvalue weighted by atomic mass is 10.1. The van der Waals surface area contributed by atoms with Gasteiger partial charge in [-0.25, -0.2) is 14.8 Å². The Morgan fingerprint density at radius 1 is 1.35 bits per heavy atom. The minimum absolute atomic E-state index is 0.267. The molecule has 34 heavy (non-hydrogen) atoms. The second kappa shape index (κ2) is 10.5. The van der Waals surface area contributed by atoms with Crippen LogP contribution in [0.15, 0.2) is 34.6 Å². The highest BCUT2D eigenvalue weighted by atomic mass is 32.1. The van der Waals surface area contributed by atoms with Gasteiger partial charge in [0.15, 0.2) is 0 Å². The fraction of sp³-hybridized carbons (Fsp3) is 0.440. The fourth-order valence-corrected chi connectivity index (χ4v) is 5.20. The number of carboxylic acid groups (broad SMARTS) is 1. The third kappa shape index (κ3) is 5.37. The summed E-state index contributed by atoms with van der Waals surface area (Å²) >= 11 is 1.69. The van der Waals surface area contributed by atoms with Gasteiger partial charge in [-0.05, 0) is 56.0 Å². The van der Waals surface area contributed by atoms with E-state index in [0.717, 1.165) is 61.1 Å². The summed E-state index contributed by atoms with van der Waals surface area (Å²) in [5, 5.41) is 15.7. The second-order valence-corrected chi connectivity index (χ2v) is 9.93. The summed E-state index contributed by atoms with van der Waals surface area (Å²) in [6.45, 7) is 5.78. The first kappa shape index (κ1) is 24.1. The van der Waals surface area contributed by atoms with Gasteiger partial charge in [-0.3, -0.25) is 9.20 Å². The van der Waals surface area contributed by atoms with Crippen molar-refractivity contribution in [3.63, 3.8) is 0 Å². The van der Waals surface area contributed by atoms with Gasteiger partial charge >= 0.3 is 5.97 Å². The number of likely N-dealkylation sites (N-methyl/N-ethyl adjacent to an activating group) is 1. The molecule has 1 unspecified atom stereocenters. The highest BCUT2D eigenvalue weighted by Crippen LogP contribution is 2.23. The summed E-state index contributed by atoms with van der Waals surface area (Å²) in [5.74, 6) is -0.136. The maximum atomic E-state index is 13.3. The lowest BCUT2D eigenvalue weighted by molar-refractivity contribution is -0.131. The normalized spacial score (nSPS) is 16.7. The quantitative estimate of drug-likeness (QED) is 0.476. The van der Waals surface area contributed by atoms with E-state index in [-0.39, 0.29) is 5.56 Å². The predicted octanol–water partition coefficient (Wildman–Crippen LogP) is 3.35. The molecule has 3 aromatic rings. The van der Waals surface area contributed by atoms with E-state index in [9.17, 15) is 9.59 Å². The van der Waals surface area contributed by atoms with Gasteiger partial charge in [0.2, 0.25) is 0 Å². The van der Waals surface area contributed by atoms with E-state index < -0.39 is 5.97 Å². The third-order valence-electron chi connectivity index (χ3n) is 6.22. The van der Waals surface area contributed by atoms with Crippen molar-refractivity contribution in [1.29, 1.82) is 0 Å². The van der Waals surface area contributed by atoms with Gasteiger partial charge in [0.25, 0.3) is 5.56 Å². The Kier molecular flexibility index (Phi) is 7.43. The van der Waals surface area contributed by atoms with Crippen molar-refractivity contribution in [2.75, 3.05) is 25.0 Å². The Hall–Kier alpha value is -3.04. The monoisotopic (exact) mass is 481 g/mol. The van der Waals surface area contributed by atoms with Crippen LogP contribution in [0.4, 0.5) is 5.82 Å². The maximum absolute atomic E-state index is 13.3. The molecule has 1 saturated heterocycles. The van der Waals surface area contributed by atoms with Gasteiger partial charge in [-0.1, -0.05) is 13.8 Å². The van der Waals surface area contributed by atoms with E-state index in [2.05, 4.69) is 29.4 Å². The Balaban J connectivity index is 1.68. The Morgan fingerprint density at radius 2 is 2.18 bits per heavy atom. The van der Waals surface area contributed by atoms with Crippen LogP contribution in [0.1, 0.15) is 54.4 Å². The number of rotatable bonds is 8. The van der Waals surface area contributed by atoms with Crippen LogP contribution < -0.4 is 15.8 Å². The van der Waals surface area contributed by atoms with Crippen molar-refractivity contribution in [2.45, 2.75) is 51.5 Å². The van der Waals surface area contributed by atoms with Crippen LogP contribution in [0.2, 0.25) is 0 Å². The molecule has 0 aromatic carbocycles. The number of piperidine rings is 1. The first-order chi connectivity index (χ1) is 16.4. The highest BCUT2D eigenvalue weighted by Gasteiger charge is 2.23. The van der Waals surface area contributed by atoms with Crippen LogP contribution in [0.25, 0.3) is 11.7 Å². The summed E-state index contributed by atoms with van der Waals surface area (Å²) in [6.07, 6.45) is 7.77. The molecule has 2 N–H and O–H groups in total. The number of hydrogen-bond donors (Lipinski definition) is 2. The van der Waals surface area contributed by atoms with E-state index in [1.165, 1.54) is 10.5 Å². The number of carboxylic acids is 1. The zero-order chi connectivity index (χ0) is 24.2. The van der Waals surface area contributed by atoms with Crippen LogP contribution in [-0.2, 0) is 17.6 Å². The molecule has 1 aliphatic heterocycles. The lowest BCUT2D eigenvalue weighted by Crippen LogP contribution is -2.45. The smallest absolute Gasteiger partial charge is 0.328 e. The minimum Gasteiger partial charge on any atom is -0.478 e. The zero-order valence-corrected chi connectivity index (χ0v) is 20.6. The Bertz CT molecular complexity index is 1260. The maximum Gasteiger partial charge on any atom is 0.328 e. The summed E-state index contributed by atoms with van der Waals surface area (Å²) in [5.41, 5.74) is 2.81. The van der Waals surface area contributed by atoms with Gasteiger partial charge in [0.05, 0.1) is 16.3 Å². The fourth-order valence-electron chi connectivity index (χ4n) is 4.24. The lowest BCUT2D eigenvalue weighted by Gasteiger charge is -2.34. The number of nitrogens with one attached hydrogen (secondary N) is 1. The SMILES string of the molecule is CNC1CCCN(c2nc3cc(CCc4nc(C(C)C)cs4)ccn3c(=O)c2C=CC(=O)O)C1. The molecule has 4 heterocycles. The number of aryl methyl sites for hydroxylation is 2. The summed E-state index contributed by atoms with van der Waals surface area (Å²) in [7, 11) is 1.93. The van der Waals surface area contributed by atoms with Crippen molar-refractivity contribution in [3.05, 3.63) is 62.0 Å². The topological polar surface area (TPSA) is 99.8 Å². The molecule has 0 aliphatic carbocycles. The van der Waals surface area contributed by atoms with E-state index in [0.29, 0.717) is 29.0 Å². The van der Waals surface area contributed by atoms with Gasteiger partial charge < -0.3 is 15.3 Å². The van der Waals surface area contributed by atoms with Gasteiger partial charge in [0.1, 0.15) is 11.5 Å². The largest absolute Gasteiger partial charge is 0.478 e. The van der Waals surface area contributed by atoms with Crippen LogP contribution in [0.5, 0.6) is 0 Å². The molecule has 4 rings (SSSR count). The molecule has 0 spiro atoms. The molecule has 9 heteroatoms. The van der Waals surface area contributed by atoms with Crippen molar-refractivity contribution < 1.29 is 9.90 Å². The van der Waals surface area contributed by atoms with Crippen LogP contribution in [0, 0.1) is 0 Å². The van der Waals surface area contributed by atoms with E-state index in [1.807, 2.05) is 19.2 Å². The standard InChI is InChI=1S/C25H31N5O3S/c1-16(2)20-15-34-22(27-20)8-6-17-10-12-30-21(13-17)28-24(19(25(30)33)7-9-23(31)32)29-11-4-5-18(14-29)26-3/h7,9-10,12-13,15-16,18,26H,4-6,8,11,14H2,1-3H3,(H,31,32). The summed E-state index contributed by atoms with van der Waals surface area (Å²) in [6, 6.07) is 4.17. The Labute approximate surface area is 203 Å². The summed E-state index contributed by atoms with van der Waals surface area (Å²) < 4.78 is 1.49. The van der Waals surface area contributed by atoms with Crippen molar-refractivity contribution >= 4 is 34.8 Å². The molecule has 1 atom stereocenters. The zero-order valence-electron chi connectivity index (χ0n) is 19.8. The number of aromatic nitrogens is 3. The predicted molar refractivity (Wildman–Crippen MR) is 136 cm³/mol. The first-order valence-corrected chi connectivity index (χ1v) is 12.6. The molecule has 1 fully saturated rings. The van der Waals surface area contributed by atoms with Gasteiger partial charge in [0, 0.05) is 43.2 Å². The van der Waals surface area contributed by atoms with Crippen molar-refractivity contribution in [3.8, 4) is 0 Å². The molecule has 3 aromatic heterocycles. The molecular formula is C25H31N5O3S. The number of carbonyl (C=O) groups is 1. The highest BCUT2D eigenvalue weighted by molar-refractivity contribution is 7.09. The number of thiazole rings is 1. The van der Waals surface area contributed by atoms with E-state index >= 15 is 0 Å². The minimum atomic E-state index is -1.10. The number of nitrogens with zero attached hydrogens (tertiary/aromatic N) is 4. The molecule has 0 saturated carbocycles. The van der Waals surface area contributed by atoms with E-state index in [4.69, 9.17) is 15.1 Å². The van der Waals surface area contributed by atoms with Crippen molar-refractivity contribution in [2.24, 2.45) is 0 Å². The number of fused-ring (bicyclic) bond motifs is 1. The van der Waals surface area contributed by atoms with Crippen LogP contribution >= 0.6 is 11.3 Å². The second-order valence-electron chi connectivity index (χ2n) is 8.98. The van der Waals surface area contributed by atoms with Gasteiger partial charge in [-0.15, -0.1) is 11.3 Å². The first-order valence-electron chi connectivity index (χ1n) is 11.7. The number of hydrogen-bond acceptors (Lipinski definition) is 7. The molecule has 1 aliphatic rings. The molecular weight excluding hydrogens is 450 g/mol. The van der Waals surface area contributed by atoms with Crippen LogP contribution in [0.3, 0.4) is 0 Å².